The molecule has 2 saturated carbocycles. The van der Waals surface area contributed by atoms with Crippen LogP contribution in [0.2, 0.25) is 0 Å². The number of carboxylic acid groups (broad SMARTS) is 1. The molecule has 2 aliphatic carbocycles. The number of carbonyl (C=O) groups excluding carboxylic acids is 3. The summed E-state index contributed by atoms with van der Waals surface area (Å²) < 4.78 is 141. The number of aliphatic carboxylic acids is 1. The van der Waals surface area contributed by atoms with Crippen LogP contribution in [0, 0.1) is 17.8 Å². The van der Waals surface area contributed by atoms with Gasteiger partial charge in [-0.15, -0.1) is 5.10 Å². The zero-order valence-corrected chi connectivity index (χ0v) is 50.9. The van der Waals surface area contributed by atoms with Gasteiger partial charge in [0.05, 0.1) is 51.7 Å². The number of benzene rings is 3. The molecule has 0 spiro atoms. The first-order valence-corrected chi connectivity index (χ1v) is 33.5. The van der Waals surface area contributed by atoms with Gasteiger partial charge in [0.2, 0.25) is 11.8 Å². The molecule has 1 unspecified atom stereocenters. The topological polar surface area (TPSA) is 463 Å². The van der Waals surface area contributed by atoms with E-state index in [4.69, 9.17) is 28.4 Å². The Hall–Kier alpha value is -5.73. The van der Waals surface area contributed by atoms with Crippen molar-refractivity contribution in [2.24, 2.45) is 17.8 Å². The molecule has 30 nitrogen and oxygen atoms in total. The minimum absolute atomic E-state index is 0.00929. The Morgan fingerprint density at radius 2 is 1.46 bits per heavy atom. The number of aliphatic hydroxyl groups excluding tert-OH is 5. The van der Waals surface area contributed by atoms with Crippen LogP contribution in [0.1, 0.15) is 107 Å². The van der Waals surface area contributed by atoms with Gasteiger partial charge >= 0.3 is 11.9 Å². The first kappa shape index (κ1) is 69.2. The van der Waals surface area contributed by atoms with E-state index >= 15 is 0 Å². The van der Waals surface area contributed by atoms with Crippen molar-refractivity contribution >= 4 is 70.6 Å². The largest absolute Gasteiger partial charge is 0.479 e. The van der Waals surface area contributed by atoms with E-state index < -0.39 is 183 Å². The number of amides is 2. The van der Waals surface area contributed by atoms with Crippen molar-refractivity contribution in [2.45, 2.75) is 198 Å². The average Bonchev–Trinajstić information content (AvgIpc) is 1.98. The summed E-state index contributed by atoms with van der Waals surface area (Å²) in [5, 5.41) is 77.9. The maximum absolute atomic E-state index is 14.3. The summed E-state index contributed by atoms with van der Waals surface area (Å²) in [6.07, 6.45) is -12.8. The number of hydrogen-bond acceptors (Lipinski definition) is 23. The van der Waals surface area contributed by atoms with E-state index in [0.717, 1.165) is 32.1 Å². The first-order valence-electron chi connectivity index (χ1n) is 29.2. The number of aliphatic hydroxyl groups is 5. The maximum atomic E-state index is 14.3. The fraction of sp³-hybridized carbons (Fsp3) is 0.607. The number of aryl methyl sites for hydroxylation is 2. The number of carbonyl (C=O) groups is 4. The van der Waals surface area contributed by atoms with Crippen molar-refractivity contribution in [1.29, 1.82) is 0 Å². The van der Waals surface area contributed by atoms with Crippen molar-refractivity contribution in [2.75, 3.05) is 18.5 Å². The van der Waals surface area contributed by atoms with Gasteiger partial charge < -0.3 is 69.7 Å². The molecule has 89 heavy (non-hydrogen) atoms. The number of carboxylic acids is 1. The molecule has 33 heteroatoms. The predicted molar refractivity (Wildman–Crippen MR) is 306 cm³/mol. The van der Waals surface area contributed by atoms with Crippen LogP contribution < -0.4 is 10.6 Å². The second-order valence-corrected chi connectivity index (χ2v) is 27.0. The van der Waals surface area contributed by atoms with Crippen LogP contribution in [0.15, 0.2) is 75.5 Å². The van der Waals surface area contributed by atoms with Gasteiger partial charge in [-0.3, -0.25) is 27.9 Å². The first-order chi connectivity index (χ1) is 42.1. The Morgan fingerprint density at radius 3 is 2.10 bits per heavy atom. The van der Waals surface area contributed by atoms with Gasteiger partial charge in [-0.05, 0) is 105 Å². The molecule has 1 aromatic heterocycles. The van der Waals surface area contributed by atoms with Gasteiger partial charge in [0, 0.05) is 37.0 Å². The molecule has 4 fully saturated rings. The molecule has 15 atom stereocenters. The number of hydrogen-bond donors (Lipinski definition) is 11. The number of nitrogens with zero attached hydrogens (tertiary/aromatic N) is 3. The lowest BCUT2D eigenvalue weighted by atomic mass is 9.73. The van der Waals surface area contributed by atoms with Crippen LogP contribution in [-0.2, 0) is 86.1 Å². The van der Waals surface area contributed by atoms with Crippen LogP contribution in [-0.4, -0.2) is 201 Å². The molecule has 2 saturated heterocycles. The van der Waals surface area contributed by atoms with Gasteiger partial charge in [-0.2, -0.15) is 25.3 Å². The van der Waals surface area contributed by atoms with Crippen LogP contribution in [0.5, 0.6) is 0 Å². The number of aromatic nitrogens is 3. The standard InChI is InChI=1S/C56H75N5O25S3/c1-3-36-37(52(68)57-20-10-16-33-27-61(60-59-33)21-11-17-43(63)58-38-25-34(87(72,73)74)23-32-24-35(88(75,76)77)26-42(44(32)38)89(78,79)80)18-19-39(49(36)86-55-48(67)47(66)45(64)29(2)81-55)83-56-51(85-54(71)31-14-8-5-9-15-31)50(46(65)41(28-62)84-56)82-40(53(69)70)22-30-12-6-4-7-13-30/h5,8-9,14-15,23-27,29-30,36-37,39-41,45-51,55-56,62,64-67H,3-4,6-7,10-13,16-22,28H2,1-2H3,(H,57,68)(H,58,63)(H,69,70)(H,72,73,74)(H,75,76,77)(H,78,79,80)/t29-,36-,37?,39+,40-,41+,45+,46-,47+,48-,49+,50-,51+,55-,56+/m0/s1. The highest BCUT2D eigenvalue weighted by Gasteiger charge is 2.54. The van der Waals surface area contributed by atoms with E-state index in [-0.39, 0.29) is 63.1 Å². The SMILES string of the molecule is CC[C@H]1C(C(=O)NCCCc2cn(CCCC(=O)Nc3cc(S(=O)(=O)O)cc4cc(S(=O)(=O)O)cc(S(=O)(=O)O)c34)nn2)CC[C@@H](O[C@@H]2O[C@H](CO)[C@H](O)[C@H](O[C@@H](CC3CCCCC3)C(=O)O)[C@H]2OC(=O)c2ccccc2)[C@@H]1O[C@@H]1O[C@@H](C)[C@@H](O)[C@@H](O)[C@@H]1O. The smallest absolute Gasteiger partial charge is 0.338 e. The third-order valence-electron chi connectivity index (χ3n) is 16.6. The monoisotopic (exact) mass is 1310 g/mol. The average molecular weight is 1310 g/mol. The van der Waals surface area contributed by atoms with E-state index in [1.807, 2.05) is 0 Å². The predicted octanol–water partition coefficient (Wildman–Crippen LogP) is 1.79. The summed E-state index contributed by atoms with van der Waals surface area (Å²) >= 11 is 0. The van der Waals surface area contributed by atoms with E-state index in [1.54, 1.807) is 31.3 Å². The molecule has 2 aliphatic heterocycles. The fourth-order valence-electron chi connectivity index (χ4n) is 12.0. The van der Waals surface area contributed by atoms with Gasteiger partial charge in [0.25, 0.3) is 30.4 Å². The molecule has 4 aliphatic rings. The molecular formula is C56H75N5O25S3. The number of fused-ring (bicyclic) bond motifs is 1. The van der Waals surface area contributed by atoms with Gasteiger partial charge in [0.1, 0.15) is 41.5 Å². The molecule has 11 N–H and O–H groups in total. The second kappa shape index (κ2) is 29.7. The van der Waals surface area contributed by atoms with E-state index in [9.17, 15) is 88.7 Å². The summed E-state index contributed by atoms with van der Waals surface area (Å²) in [6, 6.07) is 10.3. The van der Waals surface area contributed by atoms with Crippen LogP contribution in [0.4, 0.5) is 5.69 Å². The van der Waals surface area contributed by atoms with Gasteiger partial charge in [0.15, 0.2) is 24.8 Å². The quantitative estimate of drug-likeness (QED) is 0.0242. The molecule has 3 aromatic carbocycles. The Labute approximate surface area is 512 Å². The fourth-order valence-corrected chi connectivity index (χ4v) is 13.9. The number of anilines is 1. The molecular weight excluding hydrogens is 1240 g/mol. The highest BCUT2D eigenvalue weighted by atomic mass is 32.2. The zero-order valence-electron chi connectivity index (χ0n) is 48.4. The summed E-state index contributed by atoms with van der Waals surface area (Å²) in [5.74, 6) is -4.98. The Kier molecular flexibility index (Phi) is 23.1. The third kappa shape index (κ3) is 17.3. The summed E-state index contributed by atoms with van der Waals surface area (Å²) in [5.41, 5.74) is 0.0343. The number of esters is 1. The number of nitrogens with one attached hydrogen (secondary N) is 2. The lowest BCUT2D eigenvalue weighted by molar-refractivity contribution is -0.350. The number of rotatable bonds is 26. The molecule has 492 valence electrons. The minimum Gasteiger partial charge on any atom is -0.479 e. The van der Waals surface area contributed by atoms with E-state index in [0.29, 0.717) is 42.8 Å². The maximum Gasteiger partial charge on any atom is 0.338 e. The molecule has 0 bridgehead atoms. The normalized spacial score (nSPS) is 28.4. The Balaban J connectivity index is 0.936. The molecule has 4 aromatic rings. The van der Waals surface area contributed by atoms with Crippen LogP contribution in [0.3, 0.4) is 0 Å². The van der Waals surface area contributed by atoms with E-state index in [1.165, 1.54) is 23.7 Å². The number of ether oxygens (including phenoxy) is 6. The molecule has 2 amide bonds. The second-order valence-electron chi connectivity index (χ2n) is 22.8. The van der Waals surface area contributed by atoms with Crippen LogP contribution in [0.25, 0.3) is 10.8 Å². The Bertz CT molecular complexity index is 3480. The summed E-state index contributed by atoms with van der Waals surface area (Å²) in [7, 11) is -15.4. The Morgan fingerprint density at radius 1 is 0.775 bits per heavy atom. The van der Waals surface area contributed by atoms with Crippen molar-refractivity contribution in [3.05, 3.63) is 72.1 Å². The highest BCUT2D eigenvalue weighted by molar-refractivity contribution is 7.87. The van der Waals surface area contributed by atoms with Gasteiger partial charge in [-0.1, -0.05) is 62.4 Å². The highest BCUT2D eigenvalue weighted by Crippen LogP contribution is 2.42. The molecule has 8 rings (SSSR count). The third-order valence-corrected chi connectivity index (χ3v) is 19.1. The zero-order chi connectivity index (χ0) is 64.7. The molecule has 3 heterocycles. The lowest BCUT2D eigenvalue weighted by Gasteiger charge is -2.49. The van der Waals surface area contributed by atoms with Crippen molar-refractivity contribution in [3.63, 3.8) is 0 Å². The van der Waals surface area contributed by atoms with E-state index in [2.05, 4.69) is 20.9 Å². The van der Waals surface area contributed by atoms with Crippen molar-refractivity contribution in [1.82, 2.24) is 20.3 Å². The summed E-state index contributed by atoms with van der Waals surface area (Å²) in [4.78, 5) is 51.2. The van der Waals surface area contributed by atoms with Crippen molar-refractivity contribution in [3.8, 4) is 0 Å². The van der Waals surface area contributed by atoms with Crippen LogP contribution >= 0.6 is 0 Å². The summed E-state index contributed by atoms with van der Waals surface area (Å²) in [6.45, 7) is 2.66. The van der Waals surface area contributed by atoms with Crippen molar-refractivity contribution < 1.29 is 117 Å². The van der Waals surface area contributed by atoms with Gasteiger partial charge in [-0.25, -0.2) is 9.59 Å². The molecule has 0 radical (unpaired) electrons. The minimum atomic E-state index is -5.28. The lowest BCUT2D eigenvalue weighted by Crippen LogP contribution is -2.64.